The molecule has 6 nitrogen and oxygen atoms in total. The van der Waals surface area contributed by atoms with Gasteiger partial charge < -0.3 is 9.57 Å². The van der Waals surface area contributed by atoms with Gasteiger partial charge in [0.1, 0.15) is 0 Å². The Bertz CT molecular complexity index is 752. The fourth-order valence-electron chi connectivity index (χ4n) is 2.48. The number of fused-ring (bicyclic) bond motifs is 1. The lowest BCUT2D eigenvalue weighted by Gasteiger charge is -2.19. The van der Waals surface area contributed by atoms with Gasteiger partial charge in [-0.15, -0.1) is 0 Å². The maximum Gasteiger partial charge on any atom is 0.366 e. The topological polar surface area (TPSA) is 72.9 Å². The summed E-state index contributed by atoms with van der Waals surface area (Å²) in [4.78, 5) is 42.0. The van der Waals surface area contributed by atoms with Crippen LogP contribution in [-0.2, 0) is 14.4 Å². The minimum absolute atomic E-state index is 0.211. The molecule has 24 heavy (non-hydrogen) atoms. The summed E-state index contributed by atoms with van der Waals surface area (Å²) < 4.78 is 5.42. The number of hydrogen-bond donors (Lipinski definition) is 0. The molecule has 0 aliphatic carbocycles. The summed E-state index contributed by atoms with van der Waals surface area (Å²) in [6, 6.07) is 15.1. The molecule has 6 heteroatoms. The molecule has 0 N–H and O–H groups in total. The van der Waals surface area contributed by atoms with Crippen LogP contribution in [0.25, 0.3) is 0 Å². The van der Waals surface area contributed by atoms with Crippen molar-refractivity contribution >= 4 is 17.8 Å². The van der Waals surface area contributed by atoms with Crippen LogP contribution in [0.4, 0.5) is 0 Å². The molecule has 1 unspecified atom stereocenters. The van der Waals surface area contributed by atoms with Gasteiger partial charge in [-0.3, -0.25) is 9.59 Å². The largest absolute Gasteiger partial charge is 0.366 e. The Balaban J connectivity index is 1.81. The zero-order valence-electron chi connectivity index (χ0n) is 13.0. The summed E-state index contributed by atoms with van der Waals surface area (Å²) in [6.45, 7) is 2.02. The molecule has 2 aromatic carbocycles. The number of rotatable bonds is 5. The van der Waals surface area contributed by atoms with Crippen molar-refractivity contribution in [1.29, 1.82) is 0 Å². The van der Waals surface area contributed by atoms with E-state index >= 15 is 0 Å². The number of hydroxylamine groups is 2. The van der Waals surface area contributed by atoms with Crippen LogP contribution in [-0.4, -0.2) is 29.5 Å². The molecule has 0 bridgehead atoms. The van der Waals surface area contributed by atoms with E-state index < -0.39 is 23.9 Å². The second kappa shape index (κ2) is 6.64. The fourth-order valence-corrected chi connectivity index (χ4v) is 2.48. The Hall–Kier alpha value is -2.99. The van der Waals surface area contributed by atoms with E-state index in [4.69, 9.17) is 9.57 Å². The average Bonchev–Trinajstić information content (AvgIpc) is 2.85. The quantitative estimate of drug-likeness (QED) is 0.790. The third-order valence-electron chi connectivity index (χ3n) is 3.59. The van der Waals surface area contributed by atoms with Crippen LogP contribution in [0, 0.1) is 0 Å². The first-order valence-electron chi connectivity index (χ1n) is 7.49. The van der Waals surface area contributed by atoms with Gasteiger partial charge in [-0.2, -0.15) is 0 Å². The summed E-state index contributed by atoms with van der Waals surface area (Å²) in [7, 11) is 0. The van der Waals surface area contributed by atoms with Crippen LogP contribution in [0.5, 0.6) is 0 Å². The zero-order chi connectivity index (χ0) is 17.1. The van der Waals surface area contributed by atoms with Crippen molar-refractivity contribution in [2.45, 2.75) is 13.0 Å². The van der Waals surface area contributed by atoms with E-state index in [2.05, 4.69) is 0 Å². The predicted molar refractivity (Wildman–Crippen MR) is 83.8 cm³/mol. The van der Waals surface area contributed by atoms with Gasteiger partial charge in [0.15, 0.2) is 6.10 Å². The van der Waals surface area contributed by atoms with Crippen LogP contribution in [0.1, 0.15) is 39.3 Å². The molecule has 1 aliphatic rings. The lowest BCUT2D eigenvalue weighted by atomic mass is 10.1. The van der Waals surface area contributed by atoms with Crippen LogP contribution >= 0.6 is 0 Å². The minimum atomic E-state index is -1.01. The van der Waals surface area contributed by atoms with Gasteiger partial charge in [-0.05, 0) is 24.6 Å². The molecule has 1 atom stereocenters. The Kier molecular flexibility index (Phi) is 4.39. The highest BCUT2D eigenvalue weighted by Gasteiger charge is 2.40. The highest BCUT2D eigenvalue weighted by atomic mass is 16.7. The lowest BCUT2D eigenvalue weighted by molar-refractivity contribution is -0.182. The molecule has 0 radical (unpaired) electrons. The molecule has 2 aromatic rings. The molecule has 0 saturated heterocycles. The maximum absolute atomic E-state index is 12.4. The van der Waals surface area contributed by atoms with Crippen LogP contribution in [0.2, 0.25) is 0 Å². The third-order valence-corrected chi connectivity index (χ3v) is 3.59. The van der Waals surface area contributed by atoms with E-state index in [0.29, 0.717) is 10.6 Å². The Labute approximate surface area is 138 Å². The fraction of sp³-hybridized carbons (Fsp3) is 0.167. The second-order valence-electron chi connectivity index (χ2n) is 5.11. The lowest BCUT2D eigenvalue weighted by Crippen LogP contribution is -2.35. The first kappa shape index (κ1) is 15.9. The second-order valence-corrected chi connectivity index (χ2v) is 5.11. The minimum Gasteiger partial charge on any atom is -0.362 e. The number of carbonyl (C=O) groups is 3. The summed E-state index contributed by atoms with van der Waals surface area (Å²) in [5.74, 6) is -2.14. The molecule has 1 aliphatic heterocycles. The van der Waals surface area contributed by atoms with E-state index in [-0.39, 0.29) is 17.7 Å². The van der Waals surface area contributed by atoms with Gasteiger partial charge in [-0.25, -0.2) is 4.79 Å². The van der Waals surface area contributed by atoms with Crippen molar-refractivity contribution in [2.24, 2.45) is 0 Å². The number of imide groups is 1. The SMILES string of the molecule is CCOC(C(=O)ON1C(=O)c2ccccc2C1=O)c1ccccc1. The van der Waals surface area contributed by atoms with Gasteiger partial charge in [0.2, 0.25) is 0 Å². The Morgan fingerprint density at radius 1 is 0.958 bits per heavy atom. The summed E-state index contributed by atoms with van der Waals surface area (Å²) >= 11 is 0. The highest BCUT2D eigenvalue weighted by Crippen LogP contribution is 2.25. The summed E-state index contributed by atoms with van der Waals surface area (Å²) in [5.41, 5.74) is 1.01. The van der Waals surface area contributed by atoms with E-state index in [0.717, 1.165) is 0 Å². The van der Waals surface area contributed by atoms with Crippen LogP contribution in [0.15, 0.2) is 54.6 Å². The molecular weight excluding hydrogens is 310 g/mol. The molecule has 1 heterocycles. The third kappa shape index (κ3) is 2.79. The Morgan fingerprint density at radius 3 is 2.04 bits per heavy atom. The smallest absolute Gasteiger partial charge is 0.362 e. The summed E-state index contributed by atoms with van der Waals surface area (Å²) in [6.07, 6.45) is -1.01. The van der Waals surface area contributed by atoms with E-state index in [9.17, 15) is 14.4 Å². The molecule has 0 fully saturated rings. The highest BCUT2D eigenvalue weighted by molar-refractivity contribution is 6.20. The van der Waals surface area contributed by atoms with Crippen molar-refractivity contribution in [2.75, 3.05) is 6.61 Å². The number of ether oxygens (including phenoxy) is 1. The number of nitrogens with zero attached hydrogens (tertiary/aromatic N) is 1. The average molecular weight is 325 g/mol. The number of hydrogen-bond acceptors (Lipinski definition) is 5. The van der Waals surface area contributed by atoms with Crippen molar-refractivity contribution in [3.8, 4) is 0 Å². The van der Waals surface area contributed by atoms with Crippen molar-refractivity contribution in [1.82, 2.24) is 5.06 Å². The number of carbonyl (C=O) groups excluding carboxylic acids is 3. The first-order chi connectivity index (χ1) is 11.6. The molecular formula is C18H15NO5. The Morgan fingerprint density at radius 2 is 1.50 bits per heavy atom. The normalized spacial score (nSPS) is 14.5. The standard InChI is InChI=1S/C18H15NO5/c1-2-23-15(12-8-4-3-5-9-12)18(22)24-19-16(20)13-10-6-7-11-14(13)17(19)21/h3-11,15H,2H2,1H3. The molecule has 3 rings (SSSR count). The monoisotopic (exact) mass is 325 g/mol. The molecule has 0 saturated carbocycles. The van der Waals surface area contributed by atoms with Gasteiger partial charge in [0.05, 0.1) is 11.1 Å². The van der Waals surface area contributed by atoms with Gasteiger partial charge in [0.25, 0.3) is 11.8 Å². The van der Waals surface area contributed by atoms with E-state index in [1.54, 1.807) is 43.3 Å². The molecule has 122 valence electrons. The summed E-state index contributed by atoms with van der Waals surface area (Å²) in [5, 5.41) is 0.488. The number of amides is 2. The van der Waals surface area contributed by atoms with Gasteiger partial charge in [0, 0.05) is 6.61 Å². The van der Waals surface area contributed by atoms with Crippen LogP contribution in [0.3, 0.4) is 0 Å². The van der Waals surface area contributed by atoms with Crippen molar-refractivity contribution in [3.63, 3.8) is 0 Å². The maximum atomic E-state index is 12.4. The molecule has 0 aromatic heterocycles. The molecule has 2 amide bonds. The van der Waals surface area contributed by atoms with E-state index in [1.165, 1.54) is 12.1 Å². The van der Waals surface area contributed by atoms with Crippen molar-refractivity contribution < 1.29 is 24.0 Å². The van der Waals surface area contributed by atoms with E-state index in [1.807, 2.05) is 6.07 Å². The molecule has 0 spiro atoms. The first-order valence-corrected chi connectivity index (χ1v) is 7.49. The van der Waals surface area contributed by atoms with Crippen LogP contribution < -0.4 is 0 Å². The van der Waals surface area contributed by atoms with Gasteiger partial charge >= 0.3 is 5.97 Å². The van der Waals surface area contributed by atoms with Gasteiger partial charge in [-0.1, -0.05) is 47.5 Å². The number of benzene rings is 2. The van der Waals surface area contributed by atoms with Crippen molar-refractivity contribution in [3.05, 3.63) is 71.3 Å². The zero-order valence-corrected chi connectivity index (χ0v) is 13.0. The predicted octanol–water partition coefficient (Wildman–Crippen LogP) is 2.52.